The molecular formula is C13H12BrNOS. The number of benzene rings is 1. The Labute approximate surface area is 113 Å². The smallest absolute Gasteiger partial charge is 0.159 e. The molecular weight excluding hydrogens is 298 g/mol. The Morgan fingerprint density at radius 3 is 2.59 bits per heavy atom. The van der Waals surface area contributed by atoms with Gasteiger partial charge in [-0.05, 0) is 53.2 Å². The Hall–Kier alpha value is -1.13. The first-order valence-electron chi connectivity index (χ1n) is 5.23. The van der Waals surface area contributed by atoms with E-state index >= 15 is 0 Å². The first-order valence-corrected chi connectivity index (χ1v) is 6.90. The van der Waals surface area contributed by atoms with E-state index in [1.165, 1.54) is 4.88 Å². The normalized spacial score (nSPS) is 10.2. The van der Waals surface area contributed by atoms with Crippen molar-refractivity contribution >= 4 is 38.7 Å². The summed E-state index contributed by atoms with van der Waals surface area (Å²) in [7, 11) is 0. The predicted octanol–water partition coefficient (Wildman–Crippen LogP) is 4.33. The molecule has 0 saturated heterocycles. The van der Waals surface area contributed by atoms with Crippen LogP contribution in [0.2, 0.25) is 0 Å². The monoisotopic (exact) mass is 309 g/mol. The fourth-order valence-electron chi connectivity index (χ4n) is 1.46. The lowest BCUT2D eigenvalue weighted by atomic mass is 10.1. The molecule has 1 aromatic heterocycles. The summed E-state index contributed by atoms with van der Waals surface area (Å²) in [5.41, 5.74) is 1.77. The highest BCUT2D eigenvalue weighted by Crippen LogP contribution is 2.21. The van der Waals surface area contributed by atoms with Crippen molar-refractivity contribution in [3.05, 3.63) is 50.6 Å². The summed E-state index contributed by atoms with van der Waals surface area (Å²) in [6, 6.07) is 9.64. The Kier molecular flexibility index (Phi) is 3.97. The van der Waals surface area contributed by atoms with E-state index in [0.717, 1.165) is 22.3 Å². The summed E-state index contributed by atoms with van der Waals surface area (Å²) in [6.07, 6.45) is 0. The van der Waals surface area contributed by atoms with Gasteiger partial charge in [-0.25, -0.2) is 0 Å². The molecule has 0 radical (unpaired) electrons. The number of ketones is 1. The average Bonchev–Trinajstić information content (AvgIpc) is 2.73. The Morgan fingerprint density at radius 1 is 1.35 bits per heavy atom. The van der Waals surface area contributed by atoms with E-state index in [2.05, 4.69) is 32.7 Å². The average molecular weight is 310 g/mol. The van der Waals surface area contributed by atoms with Gasteiger partial charge in [-0.3, -0.25) is 4.79 Å². The number of thiophene rings is 1. The Morgan fingerprint density at radius 2 is 2.06 bits per heavy atom. The van der Waals surface area contributed by atoms with Crippen LogP contribution in [-0.4, -0.2) is 5.78 Å². The molecule has 0 fully saturated rings. The molecule has 4 heteroatoms. The summed E-state index contributed by atoms with van der Waals surface area (Å²) >= 11 is 5.14. The zero-order chi connectivity index (χ0) is 12.3. The van der Waals surface area contributed by atoms with Crippen molar-refractivity contribution in [2.24, 2.45) is 0 Å². The minimum absolute atomic E-state index is 0.0961. The second kappa shape index (κ2) is 5.47. The lowest BCUT2D eigenvalue weighted by Gasteiger charge is -2.05. The van der Waals surface area contributed by atoms with E-state index in [1.54, 1.807) is 18.3 Å². The van der Waals surface area contributed by atoms with Gasteiger partial charge in [0, 0.05) is 32.5 Å². The number of nitrogens with one attached hydrogen (secondary N) is 1. The van der Waals surface area contributed by atoms with Gasteiger partial charge >= 0.3 is 0 Å². The highest BCUT2D eigenvalue weighted by molar-refractivity contribution is 9.10. The molecule has 0 bridgehead atoms. The standard InChI is InChI=1S/C13H12BrNOS/c1-9(16)10-2-4-12(5-3-10)15-7-13-6-11(14)8-17-13/h2-6,8,15H,7H2,1H3. The molecule has 88 valence electrons. The number of hydrogen-bond acceptors (Lipinski definition) is 3. The van der Waals surface area contributed by atoms with Gasteiger partial charge in [-0.2, -0.15) is 0 Å². The molecule has 0 amide bonds. The Bertz CT molecular complexity index is 518. The largest absolute Gasteiger partial charge is 0.380 e. The zero-order valence-electron chi connectivity index (χ0n) is 9.37. The molecule has 2 nitrogen and oxygen atoms in total. The zero-order valence-corrected chi connectivity index (χ0v) is 11.8. The molecule has 0 spiro atoms. The third-order valence-corrected chi connectivity index (χ3v) is 4.08. The molecule has 1 N–H and O–H groups in total. The van der Waals surface area contributed by atoms with Crippen molar-refractivity contribution in [3.63, 3.8) is 0 Å². The van der Waals surface area contributed by atoms with E-state index in [1.807, 2.05) is 24.3 Å². The van der Waals surface area contributed by atoms with Crippen LogP contribution in [0.1, 0.15) is 22.2 Å². The van der Waals surface area contributed by atoms with E-state index in [9.17, 15) is 4.79 Å². The fourth-order valence-corrected chi connectivity index (χ4v) is 2.85. The van der Waals surface area contributed by atoms with Crippen LogP contribution >= 0.6 is 27.3 Å². The molecule has 1 aromatic carbocycles. The van der Waals surface area contributed by atoms with E-state index in [4.69, 9.17) is 0 Å². The van der Waals surface area contributed by atoms with Crippen molar-refractivity contribution < 1.29 is 4.79 Å². The number of hydrogen-bond donors (Lipinski definition) is 1. The van der Waals surface area contributed by atoms with Gasteiger partial charge < -0.3 is 5.32 Å². The van der Waals surface area contributed by atoms with Crippen molar-refractivity contribution in [1.82, 2.24) is 0 Å². The predicted molar refractivity (Wildman–Crippen MR) is 75.8 cm³/mol. The van der Waals surface area contributed by atoms with Gasteiger partial charge in [0.15, 0.2) is 5.78 Å². The van der Waals surface area contributed by atoms with Gasteiger partial charge in [0.05, 0.1) is 0 Å². The van der Waals surface area contributed by atoms with Crippen molar-refractivity contribution in [2.75, 3.05) is 5.32 Å². The first kappa shape index (κ1) is 12.3. The summed E-state index contributed by atoms with van der Waals surface area (Å²) < 4.78 is 1.12. The molecule has 2 rings (SSSR count). The Balaban J connectivity index is 1.97. The molecule has 0 aliphatic heterocycles. The molecule has 0 unspecified atom stereocenters. The van der Waals surface area contributed by atoms with Gasteiger partial charge in [0.1, 0.15) is 0 Å². The number of rotatable bonds is 4. The van der Waals surface area contributed by atoms with E-state index < -0.39 is 0 Å². The van der Waals surface area contributed by atoms with Gasteiger partial charge in [0.25, 0.3) is 0 Å². The molecule has 0 saturated carbocycles. The van der Waals surface area contributed by atoms with Crippen LogP contribution in [0, 0.1) is 0 Å². The lowest BCUT2D eigenvalue weighted by Crippen LogP contribution is -1.98. The van der Waals surface area contributed by atoms with Crippen LogP contribution in [0.5, 0.6) is 0 Å². The van der Waals surface area contributed by atoms with E-state index in [0.29, 0.717) is 0 Å². The number of anilines is 1. The molecule has 17 heavy (non-hydrogen) atoms. The van der Waals surface area contributed by atoms with Gasteiger partial charge in [0.2, 0.25) is 0 Å². The SMILES string of the molecule is CC(=O)c1ccc(NCc2cc(Br)cs2)cc1. The molecule has 2 aromatic rings. The van der Waals surface area contributed by atoms with Crippen LogP contribution in [0.4, 0.5) is 5.69 Å². The number of carbonyl (C=O) groups excluding carboxylic acids is 1. The quantitative estimate of drug-likeness (QED) is 0.852. The second-order valence-corrected chi connectivity index (χ2v) is 5.63. The third kappa shape index (κ3) is 3.41. The first-order chi connectivity index (χ1) is 8.15. The summed E-state index contributed by atoms with van der Waals surface area (Å²) in [6.45, 7) is 2.38. The minimum Gasteiger partial charge on any atom is -0.380 e. The summed E-state index contributed by atoms with van der Waals surface area (Å²) in [4.78, 5) is 12.4. The lowest BCUT2D eigenvalue weighted by molar-refractivity contribution is 0.101. The van der Waals surface area contributed by atoms with Crippen LogP contribution < -0.4 is 5.32 Å². The maximum atomic E-state index is 11.1. The second-order valence-electron chi connectivity index (χ2n) is 3.72. The fraction of sp³-hybridized carbons (Fsp3) is 0.154. The molecule has 1 heterocycles. The molecule has 0 aliphatic carbocycles. The van der Waals surface area contributed by atoms with Crippen molar-refractivity contribution in [3.8, 4) is 0 Å². The molecule has 0 atom stereocenters. The van der Waals surface area contributed by atoms with Gasteiger partial charge in [-0.15, -0.1) is 11.3 Å². The minimum atomic E-state index is 0.0961. The highest BCUT2D eigenvalue weighted by Gasteiger charge is 2.00. The van der Waals surface area contributed by atoms with E-state index in [-0.39, 0.29) is 5.78 Å². The number of carbonyl (C=O) groups is 1. The van der Waals surface area contributed by atoms with Crippen LogP contribution in [0.25, 0.3) is 0 Å². The molecule has 0 aliphatic rings. The topological polar surface area (TPSA) is 29.1 Å². The van der Waals surface area contributed by atoms with Crippen LogP contribution in [0.15, 0.2) is 40.2 Å². The maximum absolute atomic E-state index is 11.1. The van der Waals surface area contributed by atoms with Crippen LogP contribution in [0.3, 0.4) is 0 Å². The van der Waals surface area contributed by atoms with Crippen molar-refractivity contribution in [2.45, 2.75) is 13.5 Å². The summed E-state index contributed by atoms with van der Waals surface area (Å²) in [5.74, 6) is 0.0961. The van der Waals surface area contributed by atoms with Gasteiger partial charge in [-0.1, -0.05) is 0 Å². The van der Waals surface area contributed by atoms with Crippen LogP contribution in [-0.2, 0) is 6.54 Å². The van der Waals surface area contributed by atoms with Crippen molar-refractivity contribution in [1.29, 1.82) is 0 Å². The third-order valence-electron chi connectivity index (χ3n) is 2.38. The highest BCUT2D eigenvalue weighted by atomic mass is 79.9. The number of Topliss-reactive ketones (excluding diaryl/α,β-unsaturated/α-hetero) is 1. The number of halogens is 1. The maximum Gasteiger partial charge on any atom is 0.159 e. The summed E-state index contributed by atoms with van der Waals surface area (Å²) in [5, 5.41) is 5.38.